The number of anilines is 1. The van der Waals surface area contributed by atoms with Gasteiger partial charge < -0.3 is 14.5 Å². The summed E-state index contributed by atoms with van der Waals surface area (Å²) in [6.45, 7) is 2.00. The molecular weight excluding hydrogens is 398 g/mol. The van der Waals surface area contributed by atoms with Gasteiger partial charge in [-0.15, -0.1) is 11.3 Å². The van der Waals surface area contributed by atoms with Crippen molar-refractivity contribution in [1.29, 1.82) is 0 Å². The Morgan fingerprint density at radius 3 is 2.70 bits per heavy atom. The second-order valence-corrected chi connectivity index (χ2v) is 7.35. The standard InChI is InChI=1S/C24H19NO4S/c1-2-28-24(27)22-20(18-10-9-16-6-3-4-7-17(16)14-18)15-30-23(22)25-21(26)12-11-19-8-5-13-29-19/h3-15H,2H2,1H3,(H,25,26). The Bertz CT molecular complexity index is 1220. The van der Waals surface area contributed by atoms with Crippen LogP contribution in [0.4, 0.5) is 5.00 Å². The minimum Gasteiger partial charge on any atom is -0.465 e. The van der Waals surface area contributed by atoms with Gasteiger partial charge in [-0.2, -0.15) is 0 Å². The van der Waals surface area contributed by atoms with Crippen LogP contribution >= 0.6 is 11.3 Å². The molecule has 1 amide bonds. The van der Waals surface area contributed by atoms with E-state index in [0.29, 0.717) is 16.3 Å². The third kappa shape index (κ3) is 4.18. The molecular formula is C24H19NO4S. The number of amides is 1. The molecule has 0 aliphatic rings. The van der Waals surface area contributed by atoms with Crippen LogP contribution in [0.1, 0.15) is 23.0 Å². The van der Waals surface area contributed by atoms with E-state index in [4.69, 9.17) is 9.15 Å². The molecule has 2 aromatic carbocycles. The van der Waals surface area contributed by atoms with Gasteiger partial charge in [0.15, 0.2) is 0 Å². The number of furan rings is 1. The summed E-state index contributed by atoms with van der Waals surface area (Å²) in [5.74, 6) is -0.255. The summed E-state index contributed by atoms with van der Waals surface area (Å²) in [5.41, 5.74) is 1.98. The third-order valence-corrected chi connectivity index (χ3v) is 5.41. The van der Waals surface area contributed by atoms with Gasteiger partial charge in [-0.1, -0.05) is 36.4 Å². The van der Waals surface area contributed by atoms with E-state index in [0.717, 1.165) is 21.9 Å². The van der Waals surface area contributed by atoms with Gasteiger partial charge in [-0.3, -0.25) is 4.79 Å². The van der Waals surface area contributed by atoms with Crippen molar-refractivity contribution in [3.8, 4) is 11.1 Å². The van der Waals surface area contributed by atoms with Gasteiger partial charge in [0.2, 0.25) is 5.91 Å². The number of carbonyl (C=O) groups is 2. The van der Waals surface area contributed by atoms with Gasteiger partial charge >= 0.3 is 5.97 Å². The van der Waals surface area contributed by atoms with Crippen molar-refractivity contribution in [1.82, 2.24) is 0 Å². The van der Waals surface area contributed by atoms with E-state index in [1.165, 1.54) is 23.7 Å². The van der Waals surface area contributed by atoms with Crippen LogP contribution in [0, 0.1) is 0 Å². The molecule has 0 unspecified atom stereocenters. The van der Waals surface area contributed by atoms with Crippen molar-refractivity contribution >= 4 is 45.1 Å². The lowest BCUT2D eigenvalue weighted by Crippen LogP contribution is -2.12. The third-order valence-electron chi connectivity index (χ3n) is 4.51. The minimum atomic E-state index is -0.466. The number of thiophene rings is 1. The monoisotopic (exact) mass is 417 g/mol. The summed E-state index contributed by atoms with van der Waals surface area (Å²) in [6.07, 6.45) is 4.46. The molecule has 0 saturated heterocycles. The van der Waals surface area contributed by atoms with Gasteiger partial charge in [0.1, 0.15) is 16.3 Å². The molecule has 0 bridgehead atoms. The highest BCUT2D eigenvalue weighted by Crippen LogP contribution is 2.37. The summed E-state index contributed by atoms with van der Waals surface area (Å²) in [7, 11) is 0. The molecule has 2 heterocycles. The van der Waals surface area contributed by atoms with E-state index in [1.54, 1.807) is 25.1 Å². The Morgan fingerprint density at radius 2 is 1.93 bits per heavy atom. The molecule has 1 N–H and O–H groups in total. The Balaban J connectivity index is 1.68. The van der Waals surface area contributed by atoms with Crippen molar-refractivity contribution in [2.24, 2.45) is 0 Å². The molecule has 5 nitrogen and oxygen atoms in total. The zero-order valence-corrected chi connectivity index (χ0v) is 17.1. The smallest absolute Gasteiger partial charge is 0.341 e. The average molecular weight is 417 g/mol. The lowest BCUT2D eigenvalue weighted by atomic mass is 10.00. The summed E-state index contributed by atoms with van der Waals surface area (Å²) < 4.78 is 10.4. The second kappa shape index (κ2) is 8.80. The van der Waals surface area contributed by atoms with Crippen LogP contribution in [-0.4, -0.2) is 18.5 Å². The number of hydrogen-bond acceptors (Lipinski definition) is 5. The molecule has 0 aliphatic carbocycles. The minimum absolute atomic E-state index is 0.248. The van der Waals surface area contributed by atoms with Crippen LogP contribution in [0.3, 0.4) is 0 Å². The van der Waals surface area contributed by atoms with E-state index < -0.39 is 5.97 Å². The average Bonchev–Trinajstić information content (AvgIpc) is 3.42. The van der Waals surface area contributed by atoms with Crippen LogP contribution in [0.25, 0.3) is 28.0 Å². The van der Waals surface area contributed by atoms with Crippen molar-refractivity contribution in [2.75, 3.05) is 11.9 Å². The molecule has 0 aliphatic heterocycles. The first-order valence-electron chi connectivity index (χ1n) is 9.46. The van der Waals surface area contributed by atoms with E-state index in [1.807, 2.05) is 47.8 Å². The molecule has 0 spiro atoms. The fourth-order valence-corrected chi connectivity index (χ4v) is 4.08. The van der Waals surface area contributed by atoms with E-state index in [9.17, 15) is 9.59 Å². The first kappa shape index (κ1) is 19.7. The Kier molecular flexibility index (Phi) is 5.77. The number of fused-ring (bicyclic) bond motifs is 1. The highest BCUT2D eigenvalue weighted by Gasteiger charge is 2.22. The fourth-order valence-electron chi connectivity index (χ4n) is 3.12. The molecule has 0 fully saturated rings. The number of carbonyl (C=O) groups excluding carboxylic acids is 2. The molecule has 6 heteroatoms. The summed E-state index contributed by atoms with van der Waals surface area (Å²) >= 11 is 1.29. The molecule has 2 aromatic heterocycles. The zero-order valence-electron chi connectivity index (χ0n) is 16.3. The maximum absolute atomic E-state index is 12.7. The Morgan fingerprint density at radius 1 is 1.10 bits per heavy atom. The van der Waals surface area contributed by atoms with Crippen LogP contribution in [0.15, 0.2) is 76.7 Å². The van der Waals surface area contributed by atoms with Crippen LogP contribution in [-0.2, 0) is 9.53 Å². The first-order valence-corrected chi connectivity index (χ1v) is 10.3. The predicted octanol–water partition coefficient (Wildman–Crippen LogP) is 5.99. The topological polar surface area (TPSA) is 68.5 Å². The normalized spacial score (nSPS) is 11.1. The maximum Gasteiger partial charge on any atom is 0.341 e. The largest absolute Gasteiger partial charge is 0.465 e. The fraction of sp³-hybridized carbons (Fsp3) is 0.0833. The van der Waals surface area contributed by atoms with Gasteiger partial charge in [0.25, 0.3) is 0 Å². The number of hydrogen-bond donors (Lipinski definition) is 1. The van der Waals surface area contributed by atoms with Crippen molar-refractivity contribution in [3.63, 3.8) is 0 Å². The van der Waals surface area contributed by atoms with E-state index >= 15 is 0 Å². The lowest BCUT2D eigenvalue weighted by molar-refractivity contribution is -0.111. The van der Waals surface area contributed by atoms with Gasteiger partial charge in [0.05, 0.1) is 12.9 Å². The van der Waals surface area contributed by atoms with Gasteiger partial charge in [0, 0.05) is 17.0 Å². The van der Waals surface area contributed by atoms with Crippen molar-refractivity contribution in [2.45, 2.75) is 6.92 Å². The highest BCUT2D eigenvalue weighted by molar-refractivity contribution is 7.15. The number of nitrogens with one attached hydrogen (secondary N) is 1. The summed E-state index contributed by atoms with van der Waals surface area (Å²) in [4.78, 5) is 25.1. The Labute approximate surface area is 177 Å². The van der Waals surface area contributed by atoms with Crippen LogP contribution < -0.4 is 5.32 Å². The summed E-state index contributed by atoms with van der Waals surface area (Å²) in [5, 5.41) is 7.29. The van der Waals surface area contributed by atoms with Crippen LogP contribution in [0.2, 0.25) is 0 Å². The molecule has 0 saturated carbocycles. The SMILES string of the molecule is CCOC(=O)c1c(-c2ccc3ccccc3c2)csc1NC(=O)C=Cc1ccco1. The lowest BCUT2D eigenvalue weighted by Gasteiger charge is -2.08. The van der Waals surface area contributed by atoms with Crippen LogP contribution in [0.5, 0.6) is 0 Å². The maximum atomic E-state index is 12.7. The highest BCUT2D eigenvalue weighted by atomic mass is 32.1. The second-order valence-electron chi connectivity index (χ2n) is 6.47. The number of rotatable bonds is 6. The molecule has 150 valence electrons. The molecule has 0 atom stereocenters. The van der Waals surface area contributed by atoms with E-state index in [2.05, 4.69) is 5.32 Å². The molecule has 4 rings (SSSR count). The molecule has 0 radical (unpaired) electrons. The van der Waals surface area contributed by atoms with E-state index in [-0.39, 0.29) is 12.5 Å². The number of benzene rings is 2. The molecule has 30 heavy (non-hydrogen) atoms. The number of ether oxygens (including phenoxy) is 1. The quantitative estimate of drug-likeness (QED) is 0.309. The van der Waals surface area contributed by atoms with Gasteiger partial charge in [-0.05, 0) is 47.5 Å². The predicted molar refractivity (Wildman–Crippen MR) is 120 cm³/mol. The van der Waals surface area contributed by atoms with Crippen molar-refractivity contribution < 1.29 is 18.7 Å². The van der Waals surface area contributed by atoms with Crippen molar-refractivity contribution in [3.05, 3.63) is 83.6 Å². The number of esters is 1. The molecule has 4 aromatic rings. The Hall–Kier alpha value is -3.64. The first-order chi connectivity index (χ1) is 14.7. The summed E-state index contributed by atoms with van der Waals surface area (Å²) in [6, 6.07) is 17.5. The zero-order chi connectivity index (χ0) is 20.9. The van der Waals surface area contributed by atoms with Gasteiger partial charge in [-0.25, -0.2) is 4.79 Å².